The highest BCUT2D eigenvalue weighted by molar-refractivity contribution is 5.82. The van der Waals surface area contributed by atoms with E-state index in [0.29, 0.717) is 5.56 Å². The molecule has 162 valence electrons. The Labute approximate surface area is 177 Å². The molecule has 1 N–H and O–H groups in total. The molecular weight excluding hydrogens is 385 g/mol. The molecule has 2 heterocycles. The zero-order valence-electron chi connectivity index (χ0n) is 18.1. The maximum absolute atomic E-state index is 14.5. The number of pyridine rings is 1. The summed E-state index contributed by atoms with van der Waals surface area (Å²) >= 11 is 0. The lowest BCUT2D eigenvalue weighted by Gasteiger charge is -2.36. The molecule has 1 fully saturated rings. The number of nitrogens with one attached hydrogen (secondary N) is 1. The maximum atomic E-state index is 14.5. The van der Waals surface area contributed by atoms with Crippen LogP contribution in [0, 0.1) is 5.82 Å². The van der Waals surface area contributed by atoms with Crippen LogP contribution in [0.1, 0.15) is 44.7 Å². The van der Waals surface area contributed by atoms with Crippen LogP contribution in [-0.4, -0.2) is 41.0 Å². The third-order valence-electron chi connectivity index (χ3n) is 5.26. The van der Waals surface area contributed by atoms with Crippen molar-refractivity contribution in [1.29, 1.82) is 0 Å². The van der Waals surface area contributed by atoms with E-state index >= 15 is 0 Å². The van der Waals surface area contributed by atoms with Gasteiger partial charge in [0.05, 0.1) is 13.2 Å². The molecular formula is C23H30FN3O3. The molecule has 1 aromatic heterocycles. The number of amides is 1. The standard InChI is InChI=1S/C23H30FN3O3/c1-23(2,3)27-12-8-11-19(27)20(28)25-14-17-13-18(24)22(26-21(17)29-4)30-15-16-9-6-5-7-10-16/h5-7,9-10,13,19H,8,11-12,14-15H2,1-4H3,(H,25,28)/t19-/m0/s1. The Balaban J connectivity index is 1.66. The molecule has 0 radical (unpaired) electrons. The van der Waals surface area contributed by atoms with Gasteiger partial charge in [0.1, 0.15) is 6.61 Å². The number of aromatic nitrogens is 1. The Bertz CT molecular complexity index is 868. The van der Waals surface area contributed by atoms with Gasteiger partial charge in [-0.15, -0.1) is 0 Å². The molecule has 1 aliphatic rings. The van der Waals surface area contributed by atoms with Gasteiger partial charge in [0.15, 0.2) is 5.82 Å². The number of carbonyl (C=O) groups is 1. The highest BCUT2D eigenvalue weighted by Gasteiger charge is 2.37. The summed E-state index contributed by atoms with van der Waals surface area (Å²) in [6.45, 7) is 7.56. The van der Waals surface area contributed by atoms with Crippen LogP contribution in [0.3, 0.4) is 0 Å². The van der Waals surface area contributed by atoms with E-state index in [9.17, 15) is 9.18 Å². The van der Waals surface area contributed by atoms with Gasteiger partial charge in [0.2, 0.25) is 11.8 Å². The van der Waals surface area contributed by atoms with Crippen LogP contribution < -0.4 is 14.8 Å². The molecule has 1 aromatic carbocycles. The van der Waals surface area contributed by atoms with Gasteiger partial charge >= 0.3 is 0 Å². The summed E-state index contributed by atoms with van der Waals surface area (Å²) in [6, 6.07) is 10.6. The monoisotopic (exact) mass is 415 g/mol. The SMILES string of the molecule is COc1nc(OCc2ccccc2)c(F)cc1CNC(=O)[C@@H]1CCCN1C(C)(C)C. The Morgan fingerprint density at radius 2 is 2.00 bits per heavy atom. The van der Waals surface area contributed by atoms with Crippen LogP contribution in [0.2, 0.25) is 0 Å². The van der Waals surface area contributed by atoms with Crippen molar-refractivity contribution in [3.8, 4) is 11.8 Å². The number of rotatable bonds is 7. The summed E-state index contributed by atoms with van der Waals surface area (Å²) in [5.41, 5.74) is 1.30. The Morgan fingerprint density at radius 3 is 2.67 bits per heavy atom. The molecule has 7 heteroatoms. The van der Waals surface area contributed by atoms with Gasteiger partial charge in [-0.05, 0) is 51.8 Å². The number of halogens is 1. The summed E-state index contributed by atoms with van der Waals surface area (Å²) < 4.78 is 25.4. The van der Waals surface area contributed by atoms with Crippen LogP contribution in [0.25, 0.3) is 0 Å². The van der Waals surface area contributed by atoms with Gasteiger partial charge in [-0.3, -0.25) is 9.69 Å². The number of carbonyl (C=O) groups excluding carboxylic acids is 1. The minimum Gasteiger partial charge on any atom is -0.481 e. The van der Waals surface area contributed by atoms with Crippen LogP contribution >= 0.6 is 0 Å². The van der Waals surface area contributed by atoms with E-state index in [1.54, 1.807) is 0 Å². The van der Waals surface area contributed by atoms with Gasteiger partial charge in [0.25, 0.3) is 5.88 Å². The minimum absolute atomic E-state index is 0.0608. The number of benzene rings is 1. The van der Waals surface area contributed by atoms with Crippen molar-refractivity contribution in [2.45, 2.75) is 58.3 Å². The molecule has 6 nitrogen and oxygen atoms in total. The highest BCUT2D eigenvalue weighted by atomic mass is 19.1. The second-order valence-electron chi connectivity index (χ2n) is 8.46. The van der Waals surface area contributed by atoms with Gasteiger partial charge in [-0.1, -0.05) is 30.3 Å². The molecule has 0 bridgehead atoms. The summed E-state index contributed by atoms with van der Waals surface area (Å²) in [5.74, 6) is -0.540. The van der Waals surface area contributed by atoms with E-state index in [-0.39, 0.29) is 42.4 Å². The van der Waals surface area contributed by atoms with Gasteiger partial charge in [0, 0.05) is 17.6 Å². The van der Waals surface area contributed by atoms with E-state index in [1.807, 2.05) is 30.3 Å². The molecule has 0 unspecified atom stereocenters. The predicted molar refractivity (Wildman–Crippen MR) is 113 cm³/mol. The summed E-state index contributed by atoms with van der Waals surface area (Å²) in [6.07, 6.45) is 1.81. The van der Waals surface area contributed by atoms with E-state index in [1.165, 1.54) is 13.2 Å². The molecule has 0 aliphatic carbocycles. The van der Waals surface area contributed by atoms with Crippen molar-refractivity contribution in [3.05, 3.63) is 53.3 Å². The van der Waals surface area contributed by atoms with Crippen molar-refractivity contribution in [3.63, 3.8) is 0 Å². The molecule has 0 spiro atoms. The topological polar surface area (TPSA) is 63.7 Å². The molecule has 1 aliphatic heterocycles. The third-order valence-corrected chi connectivity index (χ3v) is 5.26. The Hall–Kier alpha value is -2.67. The van der Waals surface area contributed by atoms with Crippen molar-refractivity contribution in [1.82, 2.24) is 15.2 Å². The molecule has 0 saturated carbocycles. The normalized spacial score (nSPS) is 17.0. The van der Waals surface area contributed by atoms with Gasteiger partial charge in [-0.2, -0.15) is 4.98 Å². The molecule has 1 amide bonds. The zero-order valence-corrected chi connectivity index (χ0v) is 18.1. The lowest BCUT2D eigenvalue weighted by atomic mass is 10.0. The van der Waals surface area contributed by atoms with Crippen molar-refractivity contribution in [2.75, 3.05) is 13.7 Å². The van der Waals surface area contributed by atoms with Crippen molar-refractivity contribution < 1.29 is 18.7 Å². The number of ether oxygens (including phenoxy) is 2. The average molecular weight is 416 g/mol. The van der Waals surface area contributed by atoms with E-state index in [0.717, 1.165) is 24.9 Å². The second kappa shape index (κ2) is 9.43. The lowest BCUT2D eigenvalue weighted by molar-refractivity contribution is -0.127. The first kappa shape index (κ1) is 22.0. The average Bonchev–Trinajstić information content (AvgIpc) is 3.22. The molecule has 30 heavy (non-hydrogen) atoms. The molecule has 1 saturated heterocycles. The lowest BCUT2D eigenvalue weighted by Crippen LogP contribution is -2.51. The number of methoxy groups -OCH3 is 1. The van der Waals surface area contributed by atoms with Crippen LogP contribution in [0.15, 0.2) is 36.4 Å². The van der Waals surface area contributed by atoms with Crippen LogP contribution in [0.5, 0.6) is 11.8 Å². The predicted octanol–water partition coefficient (Wildman–Crippen LogP) is 3.69. The maximum Gasteiger partial charge on any atom is 0.254 e. The summed E-state index contributed by atoms with van der Waals surface area (Å²) in [4.78, 5) is 19.1. The number of hydrogen-bond donors (Lipinski definition) is 1. The van der Waals surface area contributed by atoms with Gasteiger partial charge < -0.3 is 14.8 Å². The first-order valence-corrected chi connectivity index (χ1v) is 10.2. The summed E-state index contributed by atoms with van der Waals surface area (Å²) in [5, 5.41) is 2.91. The second-order valence-corrected chi connectivity index (χ2v) is 8.46. The first-order valence-electron chi connectivity index (χ1n) is 10.2. The van der Waals surface area contributed by atoms with Crippen molar-refractivity contribution >= 4 is 5.91 Å². The number of hydrogen-bond acceptors (Lipinski definition) is 5. The highest BCUT2D eigenvalue weighted by Crippen LogP contribution is 2.27. The Kier molecular flexibility index (Phi) is 6.92. The number of nitrogens with zero attached hydrogens (tertiary/aromatic N) is 2. The molecule has 3 rings (SSSR count). The fourth-order valence-corrected chi connectivity index (χ4v) is 3.77. The fourth-order valence-electron chi connectivity index (χ4n) is 3.77. The van der Waals surface area contributed by atoms with Crippen LogP contribution in [-0.2, 0) is 17.9 Å². The first-order chi connectivity index (χ1) is 14.3. The van der Waals surface area contributed by atoms with Crippen molar-refractivity contribution in [2.24, 2.45) is 0 Å². The smallest absolute Gasteiger partial charge is 0.254 e. The van der Waals surface area contributed by atoms with E-state index in [2.05, 4.69) is 36.0 Å². The third kappa shape index (κ3) is 5.27. The Morgan fingerprint density at radius 1 is 1.27 bits per heavy atom. The minimum atomic E-state index is -0.590. The molecule has 1 atom stereocenters. The fraction of sp³-hybridized carbons (Fsp3) is 0.478. The van der Waals surface area contributed by atoms with E-state index < -0.39 is 5.82 Å². The number of likely N-dealkylation sites (tertiary alicyclic amines) is 1. The van der Waals surface area contributed by atoms with E-state index in [4.69, 9.17) is 9.47 Å². The molecule has 2 aromatic rings. The summed E-state index contributed by atoms with van der Waals surface area (Å²) in [7, 11) is 1.46. The quantitative estimate of drug-likeness (QED) is 0.747. The zero-order chi connectivity index (χ0) is 21.7. The van der Waals surface area contributed by atoms with Crippen LogP contribution in [0.4, 0.5) is 4.39 Å². The van der Waals surface area contributed by atoms with Gasteiger partial charge in [-0.25, -0.2) is 4.39 Å². The largest absolute Gasteiger partial charge is 0.481 e.